The Morgan fingerprint density at radius 3 is 2.73 bits per heavy atom. The van der Waals surface area contributed by atoms with Gasteiger partial charge in [0.1, 0.15) is 0 Å². The predicted octanol–water partition coefficient (Wildman–Crippen LogP) is 4.15. The van der Waals surface area contributed by atoms with Crippen LogP contribution in [0.1, 0.15) is 62.5 Å². The van der Waals surface area contributed by atoms with Crippen LogP contribution in [-0.4, -0.2) is 66.8 Å². The van der Waals surface area contributed by atoms with Crippen LogP contribution < -0.4 is 0 Å². The van der Waals surface area contributed by atoms with Crippen molar-refractivity contribution in [3.05, 3.63) is 35.4 Å². The zero-order valence-corrected chi connectivity index (χ0v) is 20.0. The van der Waals surface area contributed by atoms with E-state index in [1.165, 1.54) is 20.0 Å². The van der Waals surface area contributed by atoms with E-state index >= 15 is 0 Å². The fraction of sp³-hybridized carbons (Fsp3) is 0.630. The molecule has 0 spiro atoms. The van der Waals surface area contributed by atoms with Gasteiger partial charge in [0.25, 0.3) is 0 Å². The number of carbonyl (C=O) groups excluding carboxylic acids is 2. The Balaban J connectivity index is 1.53. The third-order valence-electron chi connectivity index (χ3n) is 7.39. The second-order valence-electron chi connectivity index (χ2n) is 9.65. The van der Waals surface area contributed by atoms with Crippen LogP contribution in [-0.2, 0) is 14.3 Å². The number of fused-ring (bicyclic) bond motifs is 1. The van der Waals surface area contributed by atoms with Crippen molar-refractivity contribution >= 4 is 12.1 Å². The van der Waals surface area contributed by atoms with Gasteiger partial charge in [-0.1, -0.05) is 18.1 Å². The van der Waals surface area contributed by atoms with Crippen molar-refractivity contribution in [2.45, 2.75) is 69.9 Å². The van der Waals surface area contributed by atoms with E-state index in [-0.39, 0.29) is 24.0 Å². The lowest BCUT2D eigenvalue weighted by Gasteiger charge is -2.42. The molecule has 33 heavy (non-hydrogen) atoms. The summed E-state index contributed by atoms with van der Waals surface area (Å²) in [4.78, 5) is 29.6. The Morgan fingerprint density at radius 1 is 1.15 bits per heavy atom. The first-order valence-corrected chi connectivity index (χ1v) is 12.4. The van der Waals surface area contributed by atoms with E-state index in [0.29, 0.717) is 19.4 Å². The smallest absolute Gasteiger partial charge is 0.409 e. The molecule has 3 aliphatic rings. The molecule has 2 saturated heterocycles. The van der Waals surface area contributed by atoms with Crippen molar-refractivity contribution in [3.63, 3.8) is 0 Å². The van der Waals surface area contributed by atoms with Gasteiger partial charge >= 0.3 is 12.1 Å². The summed E-state index contributed by atoms with van der Waals surface area (Å²) in [6.45, 7) is 5.87. The molecule has 0 N–H and O–H groups in total. The largest absolute Gasteiger partial charge is 0.453 e. The molecule has 6 heteroatoms. The van der Waals surface area contributed by atoms with Gasteiger partial charge in [-0.2, -0.15) is 0 Å². The topological polar surface area (TPSA) is 59.1 Å². The molecular formula is C27H36N2O4. The molecule has 0 radical (unpaired) electrons. The van der Waals surface area contributed by atoms with Gasteiger partial charge in [-0.05, 0) is 95.1 Å². The van der Waals surface area contributed by atoms with E-state index in [0.717, 1.165) is 56.4 Å². The van der Waals surface area contributed by atoms with Gasteiger partial charge in [-0.3, -0.25) is 4.79 Å². The quantitative estimate of drug-likeness (QED) is 0.496. The maximum atomic E-state index is 13.0. The SMILES string of the molecule is COC(=O)N1CC[C@@H]2[C@H]1CCC[C@]2(C#Cc1cccc(C)c1)OC(=O)CCCN1CCCC1. The van der Waals surface area contributed by atoms with Crippen LogP contribution in [0.3, 0.4) is 0 Å². The first-order valence-electron chi connectivity index (χ1n) is 12.4. The Kier molecular flexibility index (Phi) is 7.60. The first kappa shape index (κ1) is 23.6. The highest BCUT2D eigenvalue weighted by Crippen LogP contribution is 2.45. The molecule has 1 aromatic carbocycles. The molecule has 2 heterocycles. The van der Waals surface area contributed by atoms with Gasteiger partial charge < -0.3 is 19.3 Å². The monoisotopic (exact) mass is 452 g/mol. The van der Waals surface area contributed by atoms with E-state index in [2.05, 4.69) is 16.7 Å². The zero-order valence-electron chi connectivity index (χ0n) is 20.0. The van der Waals surface area contributed by atoms with Crippen molar-refractivity contribution in [1.82, 2.24) is 9.80 Å². The molecule has 6 nitrogen and oxygen atoms in total. The number of rotatable bonds is 5. The number of hydrogen-bond acceptors (Lipinski definition) is 5. The average Bonchev–Trinajstić information content (AvgIpc) is 3.48. The lowest BCUT2D eigenvalue weighted by atomic mass is 9.72. The Bertz CT molecular complexity index is 914. The van der Waals surface area contributed by atoms with Crippen molar-refractivity contribution in [2.24, 2.45) is 5.92 Å². The molecule has 1 saturated carbocycles. The van der Waals surface area contributed by atoms with E-state index in [1.807, 2.05) is 31.2 Å². The number of methoxy groups -OCH3 is 1. The van der Waals surface area contributed by atoms with Crippen LogP contribution in [0.2, 0.25) is 0 Å². The van der Waals surface area contributed by atoms with Crippen LogP contribution in [0.25, 0.3) is 0 Å². The number of hydrogen-bond donors (Lipinski definition) is 0. The summed E-state index contributed by atoms with van der Waals surface area (Å²) < 4.78 is 11.3. The lowest BCUT2D eigenvalue weighted by molar-refractivity contribution is -0.163. The maximum absolute atomic E-state index is 13.0. The van der Waals surface area contributed by atoms with Gasteiger partial charge in [-0.15, -0.1) is 0 Å². The number of carbonyl (C=O) groups is 2. The van der Waals surface area contributed by atoms with Gasteiger partial charge in [0.15, 0.2) is 5.60 Å². The first-order chi connectivity index (χ1) is 16.0. The van der Waals surface area contributed by atoms with Crippen molar-refractivity contribution in [2.75, 3.05) is 33.3 Å². The van der Waals surface area contributed by atoms with Gasteiger partial charge in [-0.25, -0.2) is 4.79 Å². The zero-order chi connectivity index (χ0) is 23.3. The summed E-state index contributed by atoms with van der Waals surface area (Å²) in [5, 5.41) is 0. The van der Waals surface area contributed by atoms with E-state index in [1.54, 1.807) is 4.90 Å². The van der Waals surface area contributed by atoms with Crippen molar-refractivity contribution in [3.8, 4) is 11.8 Å². The molecule has 0 bridgehead atoms. The fourth-order valence-corrected chi connectivity index (χ4v) is 5.77. The van der Waals surface area contributed by atoms with E-state index in [4.69, 9.17) is 9.47 Å². The van der Waals surface area contributed by atoms with Gasteiger partial charge in [0.2, 0.25) is 0 Å². The lowest BCUT2D eigenvalue weighted by Crippen LogP contribution is -2.51. The minimum absolute atomic E-state index is 0.00425. The minimum atomic E-state index is -0.861. The van der Waals surface area contributed by atoms with Crippen LogP contribution in [0, 0.1) is 24.7 Å². The third kappa shape index (κ3) is 5.52. The molecule has 1 aromatic rings. The molecule has 4 rings (SSSR count). The fourth-order valence-electron chi connectivity index (χ4n) is 5.77. The molecule has 2 aliphatic heterocycles. The van der Waals surface area contributed by atoms with Gasteiger partial charge in [0, 0.05) is 30.5 Å². The molecule has 178 valence electrons. The Morgan fingerprint density at radius 2 is 1.97 bits per heavy atom. The summed E-state index contributed by atoms with van der Waals surface area (Å²) >= 11 is 0. The number of nitrogens with zero attached hydrogens (tertiary/aromatic N) is 2. The highest BCUT2D eigenvalue weighted by Gasteiger charge is 2.53. The van der Waals surface area contributed by atoms with Gasteiger partial charge in [0.05, 0.1) is 7.11 Å². The molecule has 1 amide bonds. The Labute approximate surface area is 197 Å². The Hall–Kier alpha value is -2.52. The highest BCUT2D eigenvalue weighted by molar-refractivity contribution is 5.71. The standard InChI is InChI=1S/C27H36N2O4/c1-21-8-5-9-22(20-21)12-15-27(33-25(30)11-7-18-28-16-3-4-17-28)14-6-10-24-23(27)13-19-29(24)26(31)32-2/h5,8-9,20,23-24H,3-4,6-7,10-11,13-14,16-19H2,1-2H3/t23-,24-,27-/m1/s1. The third-order valence-corrected chi connectivity index (χ3v) is 7.39. The van der Waals surface area contributed by atoms with Crippen LogP contribution >= 0.6 is 0 Å². The number of likely N-dealkylation sites (tertiary alicyclic amines) is 2. The number of aryl methyl sites for hydroxylation is 1. The number of esters is 1. The molecular weight excluding hydrogens is 416 g/mol. The van der Waals surface area contributed by atoms with Crippen LogP contribution in [0.15, 0.2) is 24.3 Å². The summed E-state index contributed by atoms with van der Waals surface area (Å²) in [5.41, 5.74) is 1.21. The van der Waals surface area contributed by atoms with E-state index < -0.39 is 5.60 Å². The molecule has 0 unspecified atom stereocenters. The summed E-state index contributed by atoms with van der Waals surface area (Å²) in [7, 11) is 1.42. The van der Waals surface area contributed by atoms with E-state index in [9.17, 15) is 9.59 Å². The predicted molar refractivity (Wildman–Crippen MR) is 127 cm³/mol. The summed E-state index contributed by atoms with van der Waals surface area (Å²) in [6, 6.07) is 8.07. The number of amides is 1. The normalized spacial score (nSPS) is 26.9. The maximum Gasteiger partial charge on any atom is 0.409 e. The second-order valence-corrected chi connectivity index (χ2v) is 9.65. The molecule has 3 fully saturated rings. The molecule has 1 aliphatic carbocycles. The minimum Gasteiger partial charge on any atom is -0.453 e. The van der Waals surface area contributed by atoms with Crippen LogP contribution in [0.5, 0.6) is 0 Å². The second kappa shape index (κ2) is 10.6. The summed E-state index contributed by atoms with van der Waals surface area (Å²) in [6.07, 6.45) is 6.64. The van der Waals surface area contributed by atoms with Crippen molar-refractivity contribution in [1.29, 1.82) is 0 Å². The molecule has 0 aromatic heterocycles. The summed E-state index contributed by atoms with van der Waals surface area (Å²) in [5.74, 6) is 6.54. The highest BCUT2D eigenvalue weighted by atomic mass is 16.6. The molecule has 3 atom stereocenters. The van der Waals surface area contributed by atoms with Crippen molar-refractivity contribution < 1.29 is 19.1 Å². The van der Waals surface area contributed by atoms with Crippen LogP contribution in [0.4, 0.5) is 4.79 Å². The average molecular weight is 453 g/mol. The number of benzene rings is 1. The number of ether oxygens (including phenoxy) is 2.